The van der Waals surface area contributed by atoms with Crippen LogP contribution in [0.2, 0.25) is 0 Å². The van der Waals surface area contributed by atoms with Crippen LogP contribution in [0, 0.1) is 16.7 Å². The summed E-state index contributed by atoms with van der Waals surface area (Å²) in [5, 5.41) is 18.1. The van der Waals surface area contributed by atoms with Gasteiger partial charge in [-0.25, -0.2) is 0 Å². The van der Waals surface area contributed by atoms with E-state index >= 15 is 0 Å². The van der Waals surface area contributed by atoms with Gasteiger partial charge in [-0.2, -0.15) is 0 Å². The van der Waals surface area contributed by atoms with E-state index in [2.05, 4.69) is 0 Å². The Kier molecular flexibility index (Phi) is 2.34. The van der Waals surface area contributed by atoms with E-state index in [0.29, 0.717) is 12.8 Å². The van der Waals surface area contributed by atoms with Crippen LogP contribution in [0.4, 0.5) is 0 Å². The molecule has 0 saturated heterocycles. The number of hydrogen-bond donors (Lipinski definition) is 2. The fourth-order valence-corrected chi connectivity index (χ4v) is 2.50. The summed E-state index contributed by atoms with van der Waals surface area (Å²) in [7, 11) is 0. The van der Waals surface area contributed by atoms with Gasteiger partial charge >= 0.3 is 11.9 Å². The van der Waals surface area contributed by atoms with Crippen molar-refractivity contribution in [3.05, 3.63) is 0 Å². The van der Waals surface area contributed by atoms with Crippen LogP contribution in [0.5, 0.6) is 0 Å². The van der Waals surface area contributed by atoms with Crippen LogP contribution in [-0.4, -0.2) is 22.2 Å². The molecule has 0 aliphatic heterocycles. The Labute approximate surface area is 82.9 Å². The highest BCUT2D eigenvalue weighted by Gasteiger charge is 2.67. The van der Waals surface area contributed by atoms with Gasteiger partial charge in [0.05, 0.1) is 10.8 Å². The zero-order valence-corrected chi connectivity index (χ0v) is 8.70. The van der Waals surface area contributed by atoms with Crippen LogP contribution < -0.4 is 0 Å². The molecule has 1 fully saturated rings. The zero-order valence-electron chi connectivity index (χ0n) is 8.70. The van der Waals surface area contributed by atoms with Crippen LogP contribution in [0.15, 0.2) is 0 Å². The average Bonchev–Trinajstić information content (AvgIpc) is 2.11. The van der Waals surface area contributed by atoms with Crippen molar-refractivity contribution in [3.8, 4) is 0 Å². The van der Waals surface area contributed by atoms with E-state index in [1.54, 1.807) is 6.92 Å². The Balaban J connectivity index is 3.07. The van der Waals surface area contributed by atoms with Gasteiger partial charge in [0, 0.05) is 0 Å². The molecule has 0 aromatic carbocycles. The number of carboxylic acids is 2. The second kappa shape index (κ2) is 2.97. The molecule has 1 aliphatic rings. The Bertz CT molecular complexity index is 286. The Morgan fingerprint density at radius 1 is 1.29 bits per heavy atom. The van der Waals surface area contributed by atoms with Crippen molar-refractivity contribution in [2.75, 3.05) is 0 Å². The highest BCUT2D eigenvalue weighted by molar-refractivity contribution is 5.88. The summed E-state index contributed by atoms with van der Waals surface area (Å²) in [6.07, 6.45) is 1.17. The Morgan fingerprint density at radius 3 is 2.07 bits per heavy atom. The summed E-state index contributed by atoms with van der Waals surface area (Å²) >= 11 is 0. The van der Waals surface area contributed by atoms with Gasteiger partial charge in [0.2, 0.25) is 0 Å². The molecule has 0 spiro atoms. The summed E-state index contributed by atoms with van der Waals surface area (Å²) in [5.41, 5.74) is -2.23. The summed E-state index contributed by atoms with van der Waals surface area (Å²) in [4.78, 5) is 22.2. The van der Waals surface area contributed by atoms with Crippen molar-refractivity contribution in [1.29, 1.82) is 0 Å². The third-order valence-electron chi connectivity index (χ3n) is 4.03. The second-order valence-corrected chi connectivity index (χ2v) is 4.45. The fourth-order valence-electron chi connectivity index (χ4n) is 2.50. The highest BCUT2D eigenvalue weighted by atomic mass is 16.4. The molecule has 0 bridgehead atoms. The molecule has 4 heteroatoms. The van der Waals surface area contributed by atoms with Crippen molar-refractivity contribution < 1.29 is 19.8 Å². The van der Waals surface area contributed by atoms with E-state index in [1.165, 1.54) is 6.92 Å². The molecule has 0 amide bonds. The van der Waals surface area contributed by atoms with E-state index in [4.69, 9.17) is 10.2 Å². The first-order valence-corrected chi connectivity index (χ1v) is 4.77. The SMILES string of the molecule is CCC1CC(C)(C(=O)O)C1(C)C(=O)O. The minimum absolute atomic E-state index is 0.0268. The van der Waals surface area contributed by atoms with Crippen LogP contribution in [0.25, 0.3) is 0 Å². The van der Waals surface area contributed by atoms with Crippen LogP contribution in [0.1, 0.15) is 33.6 Å². The molecular weight excluding hydrogens is 184 g/mol. The first kappa shape index (κ1) is 11.0. The number of carbonyl (C=O) groups is 2. The maximum absolute atomic E-state index is 11.1. The predicted octanol–water partition coefficient (Wildman–Crippen LogP) is 1.60. The number of rotatable bonds is 3. The van der Waals surface area contributed by atoms with Crippen molar-refractivity contribution in [2.45, 2.75) is 33.6 Å². The molecule has 3 unspecified atom stereocenters. The molecule has 80 valence electrons. The average molecular weight is 200 g/mol. The lowest BCUT2D eigenvalue weighted by atomic mass is 9.44. The molecule has 1 aliphatic carbocycles. The third-order valence-corrected chi connectivity index (χ3v) is 4.03. The van der Waals surface area contributed by atoms with Crippen molar-refractivity contribution in [1.82, 2.24) is 0 Å². The van der Waals surface area contributed by atoms with E-state index in [1.807, 2.05) is 6.92 Å². The minimum Gasteiger partial charge on any atom is -0.481 e. The molecule has 1 rings (SSSR count). The van der Waals surface area contributed by atoms with E-state index in [9.17, 15) is 9.59 Å². The van der Waals surface area contributed by atoms with Gasteiger partial charge in [0.25, 0.3) is 0 Å². The Morgan fingerprint density at radius 2 is 1.79 bits per heavy atom. The van der Waals surface area contributed by atoms with Crippen LogP contribution in [0.3, 0.4) is 0 Å². The smallest absolute Gasteiger partial charge is 0.310 e. The van der Waals surface area contributed by atoms with Gasteiger partial charge in [-0.15, -0.1) is 0 Å². The number of hydrogen-bond acceptors (Lipinski definition) is 2. The first-order chi connectivity index (χ1) is 6.30. The first-order valence-electron chi connectivity index (χ1n) is 4.77. The topological polar surface area (TPSA) is 74.6 Å². The quantitative estimate of drug-likeness (QED) is 0.725. The lowest BCUT2D eigenvalue weighted by molar-refractivity contribution is -0.202. The lowest BCUT2D eigenvalue weighted by Crippen LogP contribution is -2.62. The molecule has 2 N–H and O–H groups in total. The molecule has 0 radical (unpaired) electrons. The van der Waals surface area contributed by atoms with Gasteiger partial charge in [0.1, 0.15) is 0 Å². The molecule has 0 aromatic heterocycles. The van der Waals surface area contributed by atoms with Crippen molar-refractivity contribution in [2.24, 2.45) is 16.7 Å². The van der Waals surface area contributed by atoms with Gasteiger partial charge in [0.15, 0.2) is 0 Å². The number of aliphatic carboxylic acids is 2. The van der Waals surface area contributed by atoms with E-state index < -0.39 is 22.8 Å². The monoisotopic (exact) mass is 200 g/mol. The largest absolute Gasteiger partial charge is 0.481 e. The van der Waals surface area contributed by atoms with Gasteiger partial charge in [-0.3, -0.25) is 9.59 Å². The summed E-state index contributed by atoms with van der Waals surface area (Å²) in [6, 6.07) is 0. The fraction of sp³-hybridized carbons (Fsp3) is 0.800. The second-order valence-electron chi connectivity index (χ2n) is 4.45. The molecular formula is C10H16O4. The normalized spacial score (nSPS) is 41.5. The van der Waals surface area contributed by atoms with Gasteiger partial charge in [-0.1, -0.05) is 13.3 Å². The molecule has 1 saturated carbocycles. The third kappa shape index (κ3) is 0.996. The van der Waals surface area contributed by atoms with Gasteiger partial charge < -0.3 is 10.2 Å². The molecule has 0 aromatic rings. The van der Waals surface area contributed by atoms with Crippen molar-refractivity contribution >= 4 is 11.9 Å². The molecule has 0 heterocycles. The standard InChI is InChI=1S/C10H16O4/c1-4-6-5-9(2,7(11)12)10(6,3)8(13)14/h6H,4-5H2,1-3H3,(H,11,12)(H,13,14). The lowest BCUT2D eigenvalue weighted by Gasteiger charge is -2.56. The highest BCUT2D eigenvalue weighted by Crippen LogP contribution is 2.61. The summed E-state index contributed by atoms with van der Waals surface area (Å²) < 4.78 is 0. The van der Waals surface area contributed by atoms with Crippen LogP contribution >= 0.6 is 0 Å². The zero-order chi connectivity index (χ0) is 11.1. The summed E-state index contributed by atoms with van der Waals surface area (Å²) in [6.45, 7) is 4.96. The number of carboxylic acid groups (broad SMARTS) is 2. The minimum atomic E-state index is -1.12. The summed E-state index contributed by atoms with van der Waals surface area (Å²) in [5.74, 6) is -2.03. The maximum Gasteiger partial charge on any atom is 0.310 e. The Hall–Kier alpha value is -1.06. The van der Waals surface area contributed by atoms with E-state index in [0.717, 1.165) is 0 Å². The van der Waals surface area contributed by atoms with Crippen molar-refractivity contribution in [3.63, 3.8) is 0 Å². The molecule has 14 heavy (non-hydrogen) atoms. The van der Waals surface area contributed by atoms with Crippen LogP contribution in [-0.2, 0) is 9.59 Å². The van der Waals surface area contributed by atoms with Gasteiger partial charge in [-0.05, 0) is 26.2 Å². The van der Waals surface area contributed by atoms with E-state index in [-0.39, 0.29) is 5.92 Å². The molecule has 4 nitrogen and oxygen atoms in total. The maximum atomic E-state index is 11.1. The molecule has 3 atom stereocenters. The predicted molar refractivity (Wildman–Crippen MR) is 49.9 cm³/mol.